The van der Waals surface area contributed by atoms with E-state index in [1.165, 1.54) is 4.57 Å². The molecular formula is C14H23N5O2. The molecule has 2 N–H and O–H groups in total. The lowest BCUT2D eigenvalue weighted by Crippen LogP contribution is -2.41. The molecule has 0 aliphatic heterocycles. The van der Waals surface area contributed by atoms with Crippen LogP contribution in [0.25, 0.3) is 11.2 Å². The molecule has 0 spiro atoms. The third-order valence-electron chi connectivity index (χ3n) is 3.88. The minimum Gasteiger partial charge on any atom is -0.330 e. The van der Waals surface area contributed by atoms with Gasteiger partial charge in [-0.1, -0.05) is 6.92 Å². The van der Waals surface area contributed by atoms with Crippen LogP contribution in [-0.2, 0) is 13.1 Å². The molecular weight excluding hydrogens is 270 g/mol. The normalized spacial score (nSPS) is 13.0. The highest BCUT2D eigenvalue weighted by atomic mass is 16.2. The first kappa shape index (κ1) is 15.5. The van der Waals surface area contributed by atoms with Crippen LogP contribution in [0.4, 0.5) is 0 Å². The van der Waals surface area contributed by atoms with E-state index in [1.54, 1.807) is 22.4 Å². The Morgan fingerprint density at radius 2 is 2.05 bits per heavy atom. The molecule has 0 aromatic carbocycles. The van der Waals surface area contributed by atoms with E-state index >= 15 is 0 Å². The van der Waals surface area contributed by atoms with Crippen molar-refractivity contribution in [2.75, 3.05) is 6.54 Å². The van der Waals surface area contributed by atoms with Crippen molar-refractivity contribution in [2.24, 2.45) is 5.73 Å². The summed E-state index contributed by atoms with van der Waals surface area (Å²) < 4.78 is 4.70. The van der Waals surface area contributed by atoms with Crippen LogP contribution >= 0.6 is 0 Å². The molecule has 1 atom stereocenters. The minimum absolute atomic E-state index is 0.00346. The van der Waals surface area contributed by atoms with Gasteiger partial charge in [-0.2, -0.15) is 0 Å². The van der Waals surface area contributed by atoms with Crippen molar-refractivity contribution in [2.45, 2.75) is 52.7 Å². The molecule has 2 heterocycles. The second-order valence-electron chi connectivity index (χ2n) is 5.21. The quantitative estimate of drug-likeness (QED) is 0.849. The maximum atomic E-state index is 12.5. The molecule has 0 saturated heterocycles. The maximum absolute atomic E-state index is 12.5. The van der Waals surface area contributed by atoms with Gasteiger partial charge >= 0.3 is 5.69 Å². The van der Waals surface area contributed by atoms with Gasteiger partial charge in [0.05, 0.1) is 6.33 Å². The highest BCUT2D eigenvalue weighted by molar-refractivity contribution is 5.70. The summed E-state index contributed by atoms with van der Waals surface area (Å²) in [6.07, 6.45) is 3.19. The molecule has 2 aromatic rings. The number of aryl methyl sites for hydroxylation is 1. The number of aromatic nitrogens is 4. The Balaban J connectivity index is 2.81. The number of nitrogens with zero attached hydrogens (tertiary/aromatic N) is 4. The highest BCUT2D eigenvalue weighted by Crippen LogP contribution is 2.14. The second kappa shape index (κ2) is 6.26. The zero-order valence-electron chi connectivity index (χ0n) is 12.9. The summed E-state index contributed by atoms with van der Waals surface area (Å²) in [6.45, 7) is 7.31. The van der Waals surface area contributed by atoms with E-state index < -0.39 is 0 Å². The fraction of sp³-hybridized carbons (Fsp3) is 0.643. The van der Waals surface area contributed by atoms with E-state index in [1.807, 2.05) is 13.8 Å². The van der Waals surface area contributed by atoms with Crippen LogP contribution in [0, 0.1) is 0 Å². The zero-order chi connectivity index (χ0) is 15.6. The summed E-state index contributed by atoms with van der Waals surface area (Å²) in [4.78, 5) is 29.4. The predicted molar refractivity (Wildman–Crippen MR) is 82.6 cm³/mol. The molecule has 0 radical (unpaired) electrons. The molecule has 0 aliphatic rings. The average molecular weight is 293 g/mol. The first-order chi connectivity index (χ1) is 10.1. The van der Waals surface area contributed by atoms with Crippen molar-refractivity contribution in [3.63, 3.8) is 0 Å². The topological polar surface area (TPSA) is 87.8 Å². The van der Waals surface area contributed by atoms with E-state index in [9.17, 15) is 9.59 Å². The lowest BCUT2D eigenvalue weighted by Gasteiger charge is -2.16. The summed E-state index contributed by atoms with van der Waals surface area (Å²) in [5, 5.41) is 0. The average Bonchev–Trinajstić information content (AvgIpc) is 2.89. The largest absolute Gasteiger partial charge is 0.332 e. The Kier molecular flexibility index (Phi) is 4.62. The Morgan fingerprint density at radius 1 is 1.33 bits per heavy atom. The van der Waals surface area contributed by atoms with Gasteiger partial charge < -0.3 is 10.3 Å². The molecule has 21 heavy (non-hydrogen) atoms. The van der Waals surface area contributed by atoms with Crippen molar-refractivity contribution in [3.05, 3.63) is 27.2 Å². The van der Waals surface area contributed by atoms with Crippen LogP contribution in [0.5, 0.6) is 0 Å². The van der Waals surface area contributed by atoms with Crippen molar-refractivity contribution in [1.29, 1.82) is 0 Å². The lowest BCUT2D eigenvalue weighted by molar-refractivity contribution is 0.488. The molecule has 2 aromatic heterocycles. The Hall–Kier alpha value is -1.89. The number of fused-ring (bicyclic) bond motifs is 1. The number of hydrogen-bond acceptors (Lipinski definition) is 4. The van der Waals surface area contributed by atoms with Gasteiger partial charge in [-0.25, -0.2) is 9.78 Å². The van der Waals surface area contributed by atoms with Crippen LogP contribution in [0.3, 0.4) is 0 Å². The summed E-state index contributed by atoms with van der Waals surface area (Å²) >= 11 is 0. The molecule has 0 bridgehead atoms. The number of imidazole rings is 1. The van der Waals surface area contributed by atoms with Crippen molar-refractivity contribution in [3.8, 4) is 0 Å². The molecule has 0 fully saturated rings. The first-order valence-corrected chi connectivity index (χ1v) is 7.47. The van der Waals surface area contributed by atoms with E-state index in [0.29, 0.717) is 30.8 Å². The molecule has 1 unspecified atom stereocenters. The standard InChI is InChI=1S/C14H23N5O2/c1-4-10(3)19-12-11(13(20)18(5-2)14(19)21)17(9-16-12)8-6-7-15/h9-10H,4-8,15H2,1-3H3. The third kappa shape index (κ3) is 2.53. The van der Waals surface area contributed by atoms with Crippen LogP contribution < -0.4 is 17.0 Å². The molecule has 0 saturated carbocycles. The second-order valence-corrected chi connectivity index (χ2v) is 5.21. The van der Waals surface area contributed by atoms with Crippen LogP contribution in [0.1, 0.15) is 39.7 Å². The molecule has 0 aliphatic carbocycles. The molecule has 116 valence electrons. The van der Waals surface area contributed by atoms with Gasteiger partial charge in [-0.05, 0) is 33.2 Å². The van der Waals surface area contributed by atoms with Gasteiger partial charge in [0.2, 0.25) is 0 Å². The first-order valence-electron chi connectivity index (χ1n) is 7.47. The number of hydrogen-bond donors (Lipinski definition) is 1. The van der Waals surface area contributed by atoms with E-state index in [4.69, 9.17) is 5.73 Å². The van der Waals surface area contributed by atoms with E-state index in [2.05, 4.69) is 4.98 Å². The van der Waals surface area contributed by atoms with E-state index in [0.717, 1.165) is 12.8 Å². The maximum Gasteiger partial charge on any atom is 0.332 e. The van der Waals surface area contributed by atoms with Crippen molar-refractivity contribution in [1.82, 2.24) is 18.7 Å². The van der Waals surface area contributed by atoms with Gasteiger partial charge in [-0.15, -0.1) is 0 Å². The molecule has 7 heteroatoms. The molecule has 0 amide bonds. The number of nitrogens with two attached hydrogens (primary N) is 1. The smallest absolute Gasteiger partial charge is 0.330 e. The zero-order valence-corrected chi connectivity index (χ0v) is 12.9. The summed E-state index contributed by atoms with van der Waals surface area (Å²) in [6, 6.07) is -0.00346. The van der Waals surface area contributed by atoms with Gasteiger partial charge in [0, 0.05) is 19.1 Å². The van der Waals surface area contributed by atoms with Gasteiger partial charge in [0.25, 0.3) is 5.56 Å². The van der Waals surface area contributed by atoms with Crippen molar-refractivity contribution < 1.29 is 0 Å². The molecule has 2 rings (SSSR count). The van der Waals surface area contributed by atoms with E-state index in [-0.39, 0.29) is 17.3 Å². The minimum atomic E-state index is -0.284. The lowest BCUT2D eigenvalue weighted by atomic mass is 10.2. The van der Waals surface area contributed by atoms with Crippen LogP contribution in [0.15, 0.2) is 15.9 Å². The van der Waals surface area contributed by atoms with Crippen LogP contribution in [0.2, 0.25) is 0 Å². The van der Waals surface area contributed by atoms with Gasteiger partial charge in [-0.3, -0.25) is 13.9 Å². The van der Waals surface area contributed by atoms with Gasteiger partial charge in [0.1, 0.15) is 0 Å². The predicted octanol–water partition coefficient (Wildman–Crippen LogP) is 0.699. The summed E-state index contributed by atoms with van der Waals surface area (Å²) in [5.41, 5.74) is 5.94. The Morgan fingerprint density at radius 3 is 2.62 bits per heavy atom. The third-order valence-corrected chi connectivity index (χ3v) is 3.88. The molecule has 7 nitrogen and oxygen atoms in total. The fourth-order valence-corrected chi connectivity index (χ4v) is 2.49. The van der Waals surface area contributed by atoms with Crippen LogP contribution in [-0.4, -0.2) is 25.2 Å². The highest BCUT2D eigenvalue weighted by Gasteiger charge is 2.19. The monoisotopic (exact) mass is 293 g/mol. The number of rotatable bonds is 6. The summed E-state index contributed by atoms with van der Waals surface area (Å²) in [5.74, 6) is 0. The SMILES string of the molecule is CCC(C)n1c(=O)n(CC)c(=O)c2c1ncn2CCCN. The Labute approximate surface area is 123 Å². The fourth-order valence-electron chi connectivity index (χ4n) is 2.49. The Bertz CT molecular complexity index is 740. The van der Waals surface area contributed by atoms with Gasteiger partial charge in [0.15, 0.2) is 11.2 Å². The summed E-state index contributed by atoms with van der Waals surface area (Å²) in [7, 11) is 0. The van der Waals surface area contributed by atoms with Crippen molar-refractivity contribution >= 4 is 11.2 Å².